The molecule has 0 saturated carbocycles. The van der Waals surface area contributed by atoms with Gasteiger partial charge in [0.05, 0.1) is 10.4 Å². The molecule has 0 fully saturated rings. The van der Waals surface area contributed by atoms with E-state index in [0.717, 1.165) is 50.1 Å². The third-order valence-corrected chi connectivity index (χ3v) is 12.4. The Hall–Kier alpha value is -7.20. The molecule has 0 aliphatic carbocycles. The maximum atomic E-state index is 6.14. The predicted octanol–water partition coefficient (Wildman–Crippen LogP) is 16.1. The van der Waals surface area contributed by atoms with Crippen LogP contribution < -0.4 is 4.90 Å². The molecular formula is C54H35NOS. The van der Waals surface area contributed by atoms with Crippen LogP contribution in [0.25, 0.3) is 86.6 Å². The molecule has 0 saturated heterocycles. The maximum Gasteiger partial charge on any atom is 0.135 e. The Kier molecular flexibility index (Phi) is 8.04. The average molecular weight is 746 g/mol. The Balaban J connectivity index is 1.04. The molecule has 2 heterocycles. The van der Waals surface area contributed by atoms with E-state index in [9.17, 15) is 0 Å². The third kappa shape index (κ3) is 5.88. The van der Waals surface area contributed by atoms with Crippen LogP contribution in [0, 0.1) is 0 Å². The maximum absolute atomic E-state index is 6.14. The normalized spacial score (nSPS) is 11.5. The van der Waals surface area contributed by atoms with Crippen LogP contribution in [0.4, 0.5) is 17.1 Å². The second-order valence-corrected chi connectivity index (χ2v) is 15.5. The van der Waals surface area contributed by atoms with Gasteiger partial charge < -0.3 is 9.32 Å². The summed E-state index contributed by atoms with van der Waals surface area (Å²) in [6.07, 6.45) is 0. The molecule has 9 aromatic carbocycles. The van der Waals surface area contributed by atoms with Crippen LogP contribution >= 0.6 is 11.3 Å². The molecule has 0 aliphatic heterocycles. The van der Waals surface area contributed by atoms with Crippen molar-refractivity contribution in [1.29, 1.82) is 0 Å². The van der Waals surface area contributed by atoms with Gasteiger partial charge in [0.2, 0.25) is 0 Å². The Bertz CT molecular complexity index is 3210. The molecule has 0 N–H and O–H groups in total. The van der Waals surface area contributed by atoms with E-state index in [-0.39, 0.29) is 0 Å². The van der Waals surface area contributed by atoms with Gasteiger partial charge in [-0.05, 0) is 99.1 Å². The molecule has 0 atom stereocenters. The Morgan fingerprint density at radius 3 is 1.51 bits per heavy atom. The van der Waals surface area contributed by atoms with Gasteiger partial charge in [0.15, 0.2) is 0 Å². The lowest BCUT2D eigenvalue weighted by Gasteiger charge is -2.26. The van der Waals surface area contributed by atoms with Gasteiger partial charge in [-0.2, -0.15) is 0 Å². The van der Waals surface area contributed by atoms with Crippen molar-refractivity contribution in [3.63, 3.8) is 0 Å². The summed E-state index contributed by atoms with van der Waals surface area (Å²) < 4.78 is 8.70. The molecule has 2 aromatic heterocycles. The fourth-order valence-corrected chi connectivity index (χ4v) is 9.61. The first-order valence-electron chi connectivity index (χ1n) is 19.3. The van der Waals surface area contributed by atoms with Crippen molar-refractivity contribution in [3.05, 3.63) is 212 Å². The molecule has 0 bridgehead atoms. The van der Waals surface area contributed by atoms with Crippen molar-refractivity contribution in [2.24, 2.45) is 0 Å². The highest BCUT2D eigenvalue weighted by Crippen LogP contribution is 2.47. The van der Waals surface area contributed by atoms with Crippen LogP contribution in [-0.4, -0.2) is 0 Å². The van der Waals surface area contributed by atoms with Crippen LogP contribution in [0.2, 0.25) is 0 Å². The molecule has 0 aliphatic rings. The Morgan fingerprint density at radius 2 is 0.807 bits per heavy atom. The van der Waals surface area contributed by atoms with Gasteiger partial charge in [-0.25, -0.2) is 0 Å². The molecule has 0 spiro atoms. The number of rotatable bonds is 7. The first-order chi connectivity index (χ1) is 28.2. The highest BCUT2D eigenvalue weighted by atomic mass is 32.1. The molecule has 3 heteroatoms. The van der Waals surface area contributed by atoms with Crippen molar-refractivity contribution in [1.82, 2.24) is 0 Å². The van der Waals surface area contributed by atoms with E-state index in [4.69, 9.17) is 4.42 Å². The lowest BCUT2D eigenvalue weighted by atomic mass is 9.98. The fourth-order valence-electron chi connectivity index (χ4n) is 8.27. The number of hydrogen-bond acceptors (Lipinski definition) is 3. The van der Waals surface area contributed by atoms with Gasteiger partial charge in [0.25, 0.3) is 0 Å². The molecule has 268 valence electrons. The topological polar surface area (TPSA) is 16.4 Å². The summed E-state index contributed by atoms with van der Waals surface area (Å²) in [6, 6.07) is 76.4. The summed E-state index contributed by atoms with van der Waals surface area (Å²) in [5, 5.41) is 4.82. The van der Waals surface area contributed by atoms with Crippen molar-refractivity contribution in [2.75, 3.05) is 4.90 Å². The Labute approximate surface area is 335 Å². The van der Waals surface area contributed by atoms with Gasteiger partial charge >= 0.3 is 0 Å². The molecule has 57 heavy (non-hydrogen) atoms. The first-order valence-corrected chi connectivity index (χ1v) is 20.1. The van der Waals surface area contributed by atoms with Crippen LogP contribution in [0.5, 0.6) is 0 Å². The van der Waals surface area contributed by atoms with E-state index >= 15 is 0 Å². The van der Waals surface area contributed by atoms with Crippen molar-refractivity contribution >= 4 is 70.5 Å². The zero-order chi connectivity index (χ0) is 37.7. The van der Waals surface area contributed by atoms with Gasteiger partial charge in [-0.1, -0.05) is 158 Å². The molecule has 0 radical (unpaired) electrons. The number of hydrogen-bond donors (Lipinski definition) is 0. The standard InChI is InChI=1S/C54H35NOS/c1-3-12-36(13-4-1)40-16-9-17-41(34-40)37-24-29-43(30-25-37)55(44-31-26-38(27-32-44)42-28-33-52-49(35-42)46-18-7-8-23-51(46)56-52)50-22-11-21-48-47-20-10-19-45(53(47)57-54(48)50)39-14-5-2-6-15-39/h1-35H. The van der Waals surface area contributed by atoms with E-state index < -0.39 is 0 Å². The number of nitrogens with zero attached hydrogens (tertiary/aromatic N) is 1. The highest BCUT2D eigenvalue weighted by Gasteiger charge is 2.20. The minimum atomic E-state index is 0.907. The second kappa shape index (κ2) is 13.8. The number of furan rings is 1. The molecule has 11 rings (SSSR count). The molecule has 11 aromatic rings. The van der Waals surface area contributed by atoms with Crippen molar-refractivity contribution in [2.45, 2.75) is 0 Å². The lowest BCUT2D eigenvalue weighted by Crippen LogP contribution is -2.10. The van der Waals surface area contributed by atoms with E-state index in [1.807, 2.05) is 23.5 Å². The van der Waals surface area contributed by atoms with Crippen LogP contribution in [0.1, 0.15) is 0 Å². The molecule has 2 nitrogen and oxygen atoms in total. The summed E-state index contributed by atoms with van der Waals surface area (Å²) in [7, 11) is 0. The van der Waals surface area contributed by atoms with Crippen molar-refractivity contribution < 1.29 is 4.42 Å². The quantitative estimate of drug-likeness (QED) is 0.162. The number of anilines is 3. The van der Waals surface area contributed by atoms with Crippen LogP contribution in [0.15, 0.2) is 217 Å². The summed E-state index contributed by atoms with van der Waals surface area (Å²) in [6.45, 7) is 0. The first kappa shape index (κ1) is 33.2. The Morgan fingerprint density at radius 1 is 0.316 bits per heavy atom. The monoisotopic (exact) mass is 745 g/mol. The molecule has 0 amide bonds. The molecular weight excluding hydrogens is 711 g/mol. The summed E-state index contributed by atoms with van der Waals surface area (Å²) in [5.74, 6) is 0. The van der Waals surface area contributed by atoms with Crippen molar-refractivity contribution in [3.8, 4) is 44.5 Å². The largest absolute Gasteiger partial charge is 0.456 e. The average Bonchev–Trinajstić information content (AvgIpc) is 3.86. The zero-order valence-corrected chi connectivity index (χ0v) is 31.8. The van der Waals surface area contributed by atoms with Gasteiger partial charge in [-0.3, -0.25) is 0 Å². The minimum absolute atomic E-state index is 0.907. The number of thiophene rings is 1. The zero-order valence-electron chi connectivity index (χ0n) is 31.0. The molecule has 0 unspecified atom stereocenters. The van der Waals surface area contributed by atoms with Gasteiger partial charge in [0.1, 0.15) is 11.2 Å². The smallest absolute Gasteiger partial charge is 0.135 e. The SMILES string of the molecule is c1ccc(-c2cccc(-c3ccc(N(c4ccc(-c5ccc6oc7ccccc7c6c5)cc4)c4cccc5c4sc4c(-c6ccccc6)cccc45)cc3)c2)cc1. The summed E-state index contributed by atoms with van der Waals surface area (Å²) in [5.41, 5.74) is 14.8. The van der Waals surface area contributed by atoms with Gasteiger partial charge in [0, 0.05) is 37.6 Å². The fraction of sp³-hybridized carbons (Fsp3) is 0. The van der Waals surface area contributed by atoms with Crippen LogP contribution in [-0.2, 0) is 0 Å². The van der Waals surface area contributed by atoms with E-state index in [2.05, 4.69) is 205 Å². The van der Waals surface area contributed by atoms with Gasteiger partial charge in [-0.15, -0.1) is 11.3 Å². The summed E-state index contributed by atoms with van der Waals surface area (Å²) >= 11 is 1.88. The van der Waals surface area contributed by atoms with Crippen LogP contribution in [0.3, 0.4) is 0 Å². The number of para-hydroxylation sites is 1. The third-order valence-electron chi connectivity index (χ3n) is 11.1. The van der Waals surface area contributed by atoms with E-state index in [0.29, 0.717) is 0 Å². The second-order valence-electron chi connectivity index (χ2n) is 14.5. The number of fused-ring (bicyclic) bond motifs is 6. The predicted molar refractivity (Wildman–Crippen MR) is 243 cm³/mol. The van der Waals surface area contributed by atoms with E-state index in [1.54, 1.807) is 0 Å². The highest BCUT2D eigenvalue weighted by molar-refractivity contribution is 7.27. The van der Waals surface area contributed by atoms with E-state index in [1.165, 1.54) is 53.6 Å². The summed E-state index contributed by atoms with van der Waals surface area (Å²) in [4.78, 5) is 2.42. The number of benzene rings is 9. The minimum Gasteiger partial charge on any atom is -0.456 e. The lowest BCUT2D eigenvalue weighted by molar-refractivity contribution is 0.669.